The Morgan fingerprint density at radius 3 is 2.29 bits per heavy atom. The van der Waals surface area contributed by atoms with Crippen LogP contribution >= 0.6 is 12.4 Å². The Hall–Kier alpha value is -1.06. The van der Waals surface area contributed by atoms with Crippen molar-refractivity contribution in [2.75, 3.05) is 5.32 Å². The minimum atomic E-state index is -0.179. The van der Waals surface area contributed by atoms with E-state index >= 15 is 0 Å². The first kappa shape index (κ1) is 15.9. The molecular weight excluding hydrogens is 236 g/mol. The first-order chi connectivity index (χ1) is 7.41. The van der Waals surface area contributed by atoms with Gasteiger partial charge in [-0.15, -0.1) is 12.4 Å². The van der Waals surface area contributed by atoms with Crippen LogP contribution in [-0.4, -0.2) is 11.9 Å². The van der Waals surface area contributed by atoms with Crippen molar-refractivity contribution in [1.82, 2.24) is 0 Å². The highest BCUT2D eigenvalue weighted by atomic mass is 35.5. The number of nitrogens with one attached hydrogen (secondary N) is 1. The maximum Gasteiger partial charge on any atom is 0.228 e. The standard InChI is InChI=1S/C13H20N2O.ClH/c1-8-5-6-12(7-9(8)2)15-13(16)10(3)11(4)14;/h5-7,10-11H,14H2,1-4H3,(H,15,16);1H. The number of amides is 1. The van der Waals surface area contributed by atoms with Gasteiger partial charge in [-0.25, -0.2) is 0 Å². The second-order valence-corrected chi connectivity index (χ2v) is 4.44. The first-order valence-corrected chi connectivity index (χ1v) is 5.55. The van der Waals surface area contributed by atoms with Gasteiger partial charge in [-0.1, -0.05) is 13.0 Å². The SMILES string of the molecule is Cc1ccc(NC(=O)C(C)C(C)N)cc1C.Cl. The van der Waals surface area contributed by atoms with Crippen molar-refractivity contribution in [3.8, 4) is 0 Å². The summed E-state index contributed by atoms with van der Waals surface area (Å²) < 4.78 is 0. The Morgan fingerprint density at radius 1 is 1.24 bits per heavy atom. The van der Waals surface area contributed by atoms with E-state index in [-0.39, 0.29) is 30.3 Å². The molecule has 0 aliphatic rings. The summed E-state index contributed by atoms with van der Waals surface area (Å²) in [4.78, 5) is 11.8. The van der Waals surface area contributed by atoms with E-state index in [1.54, 1.807) is 0 Å². The third-order valence-corrected chi connectivity index (χ3v) is 2.98. The van der Waals surface area contributed by atoms with Crippen molar-refractivity contribution < 1.29 is 4.79 Å². The molecule has 3 N–H and O–H groups in total. The van der Waals surface area contributed by atoms with Crippen molar-refractivity contribution in [2.45, 2.75) is 33.7 Å². The van der Waals surface area contributed by atoms with Crippen LogP contribution in [0.5, 0.6) is 0 Å². The van der Waals surface area contributed by atoms with E-state index in [9.17, 15) is 4.79 Å². The third-order valence-electron chi connectivity index (χ3n) is 2.98. The van der Waals surface area contributed by atoms with Gasteiger partial charge in [0.1, 0.15) is 0 Å². The van der Waals surface area contributed by atoms with Crippen molar-refractivity contribution in [3.05, 3.63) is 29.3 Å². The van der Waals surface area contributed by atoms with Crippen LogP contribution in [0.4, 0.5) is 5.69 Å². The van der Waals surface area contributed by atoms with Crippen molar-refractivity contribution in [1.29, 1.82) is 0 Å². The number of aryl methyl sites for hydroxylation is 2. The Kier molecular flexibility index (Phi) is 6.21. The monoisotopic (exact) mass is 256 g/mol. The molecule has 0 spiro atoms. The number of carbonyl (C=O) groups is 1. The molecule has 17 heavy (non-hydrogen) atoms. The van der Waals surface area contributed by atoms with Gasteiger partial charge in [0.15, 0.2) is 0 Å². The number of rotatable bonds is 3. The van der Waals surface area contributed by atoms with Crippen LogP contribution in [0.1, 0.15) is 25.0 Å². The van der Waals surface area contributed by atoms with Gasteiger partial charge in [0, 0.05) is 11.7 Å². The molecule has 0 bridgehead atoms. The lowest BCUT2D eigenvalue weighted by molar-refractivity contribution is -0.119. The van der Waals surface area contributed by atoms with Gasteiger partial charge in [0.25, 0.3) is 0 Å². The summed E-state index contributed by atoms with van der Waals surface area (Å²) in [6, 6.07) is 5.75. The maximum atomic E-state index is 11.8. The Morgan fingerprint density at radius 2 is 1.82 bits per heavy atom. The molecule has 1 aromatic carbocycles. The molecule has 4 heteroatoms. The molecule has 2 atom stereocenters. The number of hydrogen-bond acceptors (Lipinski definition) is 2. The molecule has 0 aliphatic heterocycles. The van der Waals surface area contributed by atoms with Crippen LogP contribution in [-0.2, 0) is 4.79 Å². The van der Waals surface area contributed by atoms with E-state index in [0.29, 0.717) is 0 Å². The molecule has 2 unspecified atom stereocenters. The van der Waals surface area contributed by atoms with Crippen LogP contribution in [0.15, 0.2) is 18.2 Å². The highest BCUT2D eigenvalue weighted by molar-refractivity contribution is 5.92. The molecule has 0 heterocycles. The van der Waals surface area contributed by atoms with Gasteiger partial charge in [-0.05, 0) is 44.0 Å². The lowest BCUT2D eigenvalue weighted by atomic mass is 10.0. The summed E-state index contributed by atoms with van der Waals surface area (Å²) in [5, 5.41) is 2.87. The molecule has 0 aliphatic carbocycles. The van der Waals surface area contributed by atoms with Gasteiger partial charge >= 0.3 is 0 Å². The molecule has 1 rings (SSSR count). The van der Waals surface area contributed by atoms with Crippen LogP contribution in [0.25, 0.3) is 0 Å². The highest BCUT2D eigenvalue weighted by Gasteiger charge is 2.16. The molecule has 1 amide bonds. The summed E-state index contributed by atoms with van der Waals surface area (Å²) in [5.41, 5.74) is 8.91. The highest BCUT2D eigenvalue weighted by Crippen LogP contribution is 2.15. The van der Waals surface area contributed by atoms with Gasteiger partial charge in [-0.2, -0.15) is 0 Å². The summed E-state index contributed by atoms with van der Waals surface area (Å²) in [7, 11) is 0. The summed E-state index contributed by atoms with van der Waals surface area (Å²) in [6.45, 7) is 7.75. The zero-order valence-corrected chi connectivity index (χ0v) is 11.6. The molecule has 0 saturated carbocycles. The molecule has 96 valence electrons. The zero-order valence-electron chi connectivity index (χ0n) is 10.8. The van der Waals surface area contributed by atoms with E-state index < -0.39 is 0 Å². The molecular formula is C13H21ClN2O. The average Bonchev–Trinajstić information content (AvgIpc) is 2.22. The number of hydrogen-bond donors (Lipinski definition) is 2. The number of halogens is 1. The molecule has 0 radical (unpaired) electrons. The number of nitrogens with two attached hydrogens (primary N) is 1. The minimum Gasteiger partial charge on any atom is -0.327 e. The summed E-state index contributed by atoms with van der Waals surface area (Å²) in [6.07, 6.45) is 0. The molecule has 0 fully saturated rings. The number of anilines is 1. The minimum absolute atomic E-state index is 0. The first-order valence-electron chi connectivity index (χ1n) is 5.55. The fraction of sp³-hybridized carbons (Fsp3) is 0.462. The molecule has 1 aromatic rings. The fourth-order valence-corrected chi connectivity index (χ4v) is 1.31. The fourth-order valence-electron chi connectivity index (χ4n) is 1.31. The predicted octanol–water partition coefficient (Wildman–Crippen LogP) is 2.65. The third kappa shape index (κ3) is 4.36. The second-order valence-electron chi connectivity index (χ2n) is 4.44. The van der Waals surface area contributed by atoms with Gasteiger partial charge < -0.3 is 11.1 Å². The quantitative estimate of drug-likeness (QED) is 0.874. The van der Waals surface area contributed by atoms with Gasteiger partial charge in [0.2, 0.25) is 5.91 Å². The Balaban J connectivity index is 0.00000256. The molecule has 0 saturated heterocycles. The van der Waals surface area contributed by atoms with Crippen molar-refractivity contribution in [2.24, 2.45) is 11.7 Å². The van der Waals surface area contributed by atoms with Crippen LogP contribution in [0.2, 0.25) is 0 Å². The summed E-state index contributed by atoms with van der Waals surface area (Å²) in [5.74, 6) is -0.208. The van der Waals surface area contributed by atoms with Crippen molar-refractivity contribution in [3.63, 3.8) is 0 Å². The average molecular weight is 257 g/mol. The predicted molar refractivity (Wildman–Crippen MR) is 74.6 cm³/mol. The van der Waals surface area contributed by atoms with Crippen LogP contribution < -0.4 is 11.1 Å². The largest absolute Gasteiger partial charge is 0.327 e. The van der Waals surface area contributed by atoms with E-state index in [1.807, 2.05) is 45.9 Å². The Bertz CT molecular complexity index is 391. The zero-order chi connectivity index (χ0) is 12.3. The second kappa shape index (κ2) is 6.62. The number of carbonyl (C=O) groups excluding carboxylic acids is 1. The van der Waals surface area contributed by atoms with E-state index in [0.717, 1.165) is 5.69 Å². The van der Waals surface area contributed by atoms with Gasteiger partial charge in [0.05, 0.1) is 5.92 Å². The van der Waals surface area contributed by atoms with Crippen molar-refractivity contribution >= 4 is 24.0 Å². The van der Waals surface area contributed by atoms with Gasteiger partial charge in [-0.3, -0.25) is 4.79 Å². The van der Waals surface area contributed by atoms with E-state index in [4.69, 9.17) is 5.73 Å². The molecule has 3 nitrogen and oxygen atoms in total. The van der Waals surface area contributed by atoms with Crippen LogP contribution in [0, 0.1) is 19.8 Å². The Labute approximate surface area is 109 Å². The smallest absolute Gasteiger partial charge is 0.228 e. The topological polar surface area (TPSA) is 55.1 Å². The lowest BCUT2D eigenvalue weighted by Crippen LogP contribution is -2.34. The normalized spacial score (nSPS) is 13.5. The lowest BCUT2D eigenvalue weighted by Gasteiger charge is -2.15. The summed E-state index contributed by atoms with van der Waals surface area (Å²) >= 11 is 0. The maximum absolute atomic E-state index is 11.8. The van der Waals surface area contributed by atoms with Crippen LogP contribution in [0.3, 0.4) is 0 Å². The van der Waals surface area contributed by atoms with E-state index in [1.165, 1.54) is 11.1 Å². The van der Waals surface area contributed by atoms with E-state index in [2.05, 4.69) is 5.32 Å². The number of benzene rings is 1. The molecule has 0 aromatic heterocycles.